The Morgan fingerprint density at radius 2 is 1.90 bits per heavy atom. The number of aryl methyl sites for hydroxylation is 1. The molecular formula is C17H17NO2. The summed E-state index contributed by atoms with van der Waals surface area (Å²) in [4.78, 5) is 0. The Morgan fingerprint density at radius 1 is 1.20 bits per heavy atom. The fourth-order valence-corrected chi connectivity index (χ4v) is 1.90. The average molecular weight is 267 g/mol. The molecule has 0 radical (unpaired) electrons. The number of rotatable bonds is 4. The molecule has 1 atom stereocenters. The lowest BCUT2D eigenvalue weighted by Crippen LogP contribution is -1.95. The van der Waals surface area contributed by atoms with Gasteiger partial charge in [-0.1, -0.05) is 25.1 Å². The fourth-order valence-electron chi connectivity index (χ4n) is 1.90. The molecule has 2 aromatic carbocycles. The molecule has 0 heterocycles. The summed E-state index contributed by atoms with van der Waals surface area (Å²) < 4.78 is 5.79. The first-order chi connectivity index (χ1) is 9.63. The topological polar surface area (TPSA) is 53.2 Å². The maximum absolute atomic E-state index is 9.75. The molecule has 0 bridgehead atoms. The van der Waals surface area contributed by atoms with E-state index in [1.807, 2.05) is 44.2 Å². The molecule has 1 unspecified atom stereocenters. The van der Waals surface area contributed by atoms with E-state index >= 15 is 0 Å². The second-order valence-corrected chi connectivity index (χ2v) is 4.69. The van der Waals surface area contributed by atoms with Gasteiger partial charge in [0, 0.05) is 0 Å². The Bertz CT molecular complexity index is 626. The van der Waals surface area contributed by atoms with Gasteiger partial charge in [-0.05, 0) is 48.7 Å². The van der Waals surface area contributed by atoms with Gasteiger partial charge in [0.2, 0.25) is 0 Å². The molecule has 0 saturated carbocycles. The summed E-state index contributed by atoms with van der Waals surface area (Å²) in [5, 5.41) is 18.7. The molecule has 0 aromatic heterocycles. The van der Waals surface area contributed by atoms with Crippen LogP contribution < -0.4 is 4.74 Å². The lowest BCUT2D eigenvalue weighted by molar-refractivity contribution is 0.173. The van der Waals surface area contributed by atoms with Gasteiger partial charge >= 0.3 is 0 Å². The Labute approximate surface area is 119 Å². The van der Waals surface area contributed by atoms with Crippen LogP contribution in [0.3, 0.4) is 0 Å². The predicted octanol–water partition coefficient (Wildman–Crippen LogP) is 4.10. The largest absolute Gasteiger partial charge is 0.457 e. The van der Waals surface area contributed by atoms with Crippen LogP contribution in [0.1, 0.15) is 36.1 Å². The van der Waals surface area contributed by atoms with E-state index in [0.29, 0.717) is 23.5 Å². The van der Waals surface area contributed by atoms with E-state index in [4.69, 9.17) is 10.00 Å². The SMILES string of the molecule is CCC(O)c1ccc(Oc2cc(C#N)ccc2C)cc1. The van der Waals surface area contributed by atoms with Crippen molar-refractivity contribution in [2.75, 3.05) is 0 Å². The molecular weight excluding hydrogens is 250 g/mol. The van der Waals surface area contributed by atoms with Crippen LogP contribution in [0.15, 0.2) is 42.5 Å². The second kappa shape index (κ2) is 6.23. The van der Waals surface area contributed by atoms with Gasteiger partial charge in [0.1, 0.15) is 11.5 Å². The summed E-state index contributed by atoms with van der Waals surface area (Å²) in [7, 11) is 0. The molecule has 1 N–H and O–H groups in total. The smallest absolute Gasteiger partial charge is 0.131 e. The molecule has 0 saturated heterocycles. The van der Waals surface area contributed by atoms with Gasteiger partial charge in [-0.15, -0.1) is 0 Å². The first-order valence-corrected chi connectivity index (χ1v) is 6.60. The van der Waals surface area contributed by atoms with Crippen LogP contribution in [0.25, 0.3) is 0 Å². The summed E-state index contributed by atoms with van der Waals surface area (Å²) >= 11 is 0. The fraction of sp³-hybridized carbons (Fsp3) is 0.235. The highest BCUT2D eigenvalue weighted by Gasteiger charge is 2.06. The number of aliphatic hydroxyl groups is 1. The standard InChI is InChI=1S/C17H17NO2/c1-3-16(19)14-6-8-15(9-7-14)20-17-10-13(11-18)5-4-12(17)2/h4-10,16,19H,3H2,1-2H3. The molecule has 3 heteroatoms. The van der Waals surface area contributed by atoms with Gasteiger partial charge in [0.05, 0.1) is 17.7 Å². The van der Waals surface area contributed by atoms with E-state index < -0.39 is 6.10 Å². The lowest BCUT2D eigenvalue weighted by Gasteiger charge is -2.11. The summed E-state index contributed by atoms with van der Waals surface area (Å²) in [5.41, 5.74) is 2.42. The average Bonchev–Trinajstić information content (AvgIpc) is 2.49. The third-order valence-corrected chi connectivity index (χ3v) is 3.20. The van der Waals surface area contributed by atoms with Crippen molar-refractivity contribution in [3.05, 3.63) is 59.2 Å². The van der Waals surface area contributed by atoms with Crippen molar-refractivity contribution in [2.24, 2.45) is 0 Å². The molecule has 0 fully saturated rings. The van der Waals surface area contributed by atoms with Crippen molar-refractivity contribution in [1.82, 2.24) is 0 Å². The summed E-state index contributed by atoms with van der Waals surface area (Å²) in [5.74, 6) is 1.36. The number of aliphatic hydroxyl groups excluding tert-OH is 1. The van der Waals surface area contributed by atoms with Gasteiger partial charge in [0.25, 0.3) is 0 Å². The zero-order valence-corrected chi connectivity index (χ0v) is 11.6. The lowest BCUT2D eigenvalue weighted by atomic mass is 10.1. The number of nitrogens with zero attached hydrogens (tertiary/aromatic N) is 1. The summed E-state index contributed by atoms with van der Waals surface area (Å²) in [6.45, 7) is 3.87. The van der Waals surface area contributed by atoms with Crippen molar-refractivity contribution in [3.8, 4) is 17.6 Å². The van der Waals surface area contributed by atoms with Crippen LogP contribution in [0.2, 0.25) is 0 Å². The molecule has 102 valence electrons. The van der Waals surface area contributed by atoms with Gasteiger partial charge in [-0.3, -0.25) is 0 Å². The monoisotopic (exact) mass is 267 g/mol. The van der Waals surface area contributed by atoms with Gasteiger partial charge < -0.3 is 9.84 Å². The Hall–Kier alpha value is -2.31. The van der Waals surface area contributed by atoms with Crippen LogP contribution >= 0.6 is 0 Å². The Balaban J connectivity index is 2.20. The van der Waals surface area contributed by atoms with Crippen LogP contribution in [-0.2, 0) is 0 Å². The van der Waals surface area contributed by atoms with Crippen molar-refractivity contribution in [1.29, 1.82) is 5.26 Å². The molecule has 0 aliphatic rings. The van der Waals surface area contributed by atoms with Gasteiger partial charge in [0.15, 0.2) is 0 Å². The number of nitriles is 1. The Kier molecular flexibility index (Phi) is 4.39. The van der Waals surface area contributed by atoms with E-state index in [-0.39, 0.29) is 0 Å². The van der Waals surface area contributed by atoms with Crippen molar-refractivity contribution >= 4 is 0 Å². The first-order valence-electron chi connectivity index (χ1n) is 6.60. The van der Waals surface area contributed by atoms with Crippen LogP contribution in [0, 0.1) is 18.3 Å². The molecule has 0 spiro atoms. The summed E-state index contributed by atoms with van der Waals surface area (Å²) in [6.07, 6.45) is 0.247. The third kappa shape index (κ3) is 3.17. The quantitative estimate of drug-likeness (QED) is 0.907. The summed E-state index contributed by atoms with van der Waals surface area (Å²) in [6, 6.07) is 14.8. The maximum atomic E-state index is 9.75. The minimum atomic E-state index is -0.437. The molecule has 2 aromatic rings. The third-order valence-electron chi connectivity index (χ3n) is 3.20. The van der Waals surface area contributed by atoms with Crippen LogP contribution in [-0.4, -0.2) is 5.11 Å². The number of hydrogen-bond donors (Lipinski definition) is 1. The molecule has 0 aliphatic heterocycles. The highest BCUT2D eigenvalue weighted by Crippen LogP contribution is 2.27. The molecule has 0 aliphatic carbocycles. The van der Waals surface area contributed by atoms with E-state index in [9.17, 15) is 5.11 Å². The van der Waals surface area contributed by atoms with Crippen LogP contribution in [0.5, 0.6) is 11.5 Å². The zero-order chi connectivity index (χ0) is 14.5. The van der Waals surface area contributed by atoms with Crippen molar-refractivity contribution < 1.29 is 9.84 Å². The molecule has 3 nitrogen and oxygen atoms in total. The number of benzene rings is 2. The Morgan fingerprint density at radius 3 is 2.50 bits per heavy atom. The first kappa shape index (κ1) is 14.1. The predicted molar refractivity (Wildman–Crippen MR) is 77.7 cm³/mol. The highest BCUT2D eigenvalue weighted by atomic mass is 16.5. The van der Waals surface area contributed by atoms with E-state index in [0.717, 1.165) is 11.1 Å². The second-order valence-electron chi connectivity index (χ2n) is 4.69. The van der Waals surface area contributed by atoms with Gasteiger partial charge in [-0.2, -0.15) is 5.26 Å². The zero-order valence-electron chi connectivity index (χ0n) is 11.6. The van der Waals surface area contributed by atoms with Crippen molar-refractivity contribution in [2.45, 2.75) is 26.4 Å². The van der Waals surface area contributed by atoms with Crippen molar-refractivity contribution in [3.63, 3.8) is 0 Å². The minimum Gasteiger partial charge on any atom is -0.457 e. The molecule has 2 rings (SSSR count). The van der Waals surface area contributed by atoms with E-state index in [1.165, 1.54) is 0 Å². The molecule has 0 amide bonds. The highest BCUT2D eigenvalue weighted by molar-refractivity contribution is 5.44. The number of ether oxygens (including phenoxy) is 1. The molecule has 20 heavy (non-hydrogen) atoms. The normalized spacial score (nSPS) is 11.7. The van der Waals surface area contributed by atoms with Crippen LogP contribution in [0.4, 0.5) is 0 Å². The van der Waals surface area contributed by atoms with E-state index in [1.54, 1.807) is 12.1 Å². The minimum absolute atomic E-state index is 0.437. The van der Waals surface area contributed by atoms with Gasteiger partial charge in [-0.25, -0.2) is 0 Å². The maximum Gasteiger partial charge on any atom is 0.131 e. The number of hydrogen-bond acceptors (Lipinski definition) is 3. The van der Waals surface area contributed by atoms with E-state index in [2.05, 4.69) is 6.07 Å².